The van der Waals surface area contributed by atoms with Gasteiger partial charge in [0.05, 0.1) is 6.04 Å². The van der Waals surface area contributed by atoms with E-state index in [1.165, 1.54) is 10.5 Å². The van der Waals surface area contributed by atoms with Gasteiger partial charge in [0.15, 0.2) is 0 Å². The van der Waals surface area contributed by atoms with Crippen molar-refractivity contribution in [2.75, 3.05) is 39.3 Å². The Labute approximate surface area is 143 Å². The van der Waals surface area contributed by atoms with E-state index < -0.39 is 10.0 Å². The molecule has 2 saturated heterocycles. The Hall–Kier alpha value is -1.51. The Morgan fingerprint density at radius 1 is 1.12 bits per heavy atom. The van der Waals surface area contributed by atoms with Crippen LogP contribution in [-0.4, -0.2) is 78.7 Å². The number of sulfonamides is 1. The quantitative estimate of drug-likeness (QED) is 0.784. The second-order valence-electron chi connectivity index (χ2n) is 6.34. The number of amides is 1. The van der Waals surface area contributed by atoms with Crippen LogP contribution in [0.5, 0.6) is 0 Å². The van der Waals surface area contributed by atoms with Crippen molar-refractivity contribution in [2.24, 2.45) is 0 Å². The summed E-state index contributed by atoms with van der Waals surface area (Å²) in [6, 6.07) is 3.00. The van der Waals surface area contributed by atoms with E-state index in [0.717, 1.165) is 25.9 Å². The lowest BCUT2D eigenvalue weighted by Gasteiger charge is -2.37. The van der Waals surface area contributed by atoms with E-state index in [2.05, 4.69) is 9.88 Å². The van der Waals surface area contributed by atoms with Crippen molar-refractivity contribution in [1.29, 1.82) is 0 Å². The first-order valence-electron chi connectivity index (χ1n) is 8.43. The number of carbonyl (C=O) groups excluding carboxylic acids is 1. The fourth-order valence-corrected chi connectivity index (χ4v) is 4.72. The van der Waals surface area contributed by atoms with Crippen LogP contribution in [0.25, 0.3) is 0 Å². The van der Waals surface area contributed by atoms with Gasteiger partial charge in [-0.25, -0.2) is 8.42 Å². The fraction of sp³-hybridized carbons (Fsp3) is 0.625. The third kappa shape index (κ3) is 3.45. The summed E-state index contributed by atoms with van der Waals surface area (Å²) in [5.74, 6) is 0.163. The number of piperazine rings is 1. The van der Waals surface area contributed by atoms with E-state index in [1.54, 1.807) is 18.3 Å². The van der Waals surface area contributed by atoms with Crippen molar-refractivity contribution in [2.45, 2.75) is 30.7 Å². The van der Waals surface area contributed by atoms with Crippen molar-refractivity contribution in [3.8, 4) is 0 Å². The molecule has 1 unspecified atom stereocenters. The summed E-state index contributed by atoms with van der Waals surface area (Å²) in [6.45, 7) is 5.55. The van der Waals surface area contributed by atoms with Crippen LogP contribution in [0.3, 0.4) is 0 Å². The summed E-state index contributed by atoms with van der Waals surface area (Å²) in [5.41, 5.74) is 0. The number of rotatable bonds is 4. The maximum atomic E-state index is 12.6. The predicted octanol–water partition coefficient (Wildman–Crippen LogP) is 0.399. The molecule has 24 heavy (non-hydrogen) atoms. The molecule has 3 heterocycles. The molecule has 2 fully saturated rings. The lowest BCUT2D eigenvalue weighted by Crippen LogP contribution is -2.55. The minimum Gasteiger partial charge on any atom is -0.341 e. The van der Waals surface area contributed by atoms with Gasteiger partial charge < -0.3 is 4.90 Å². The molecule has 2 aliphatic rings. The molecule has 1 aromatic rings. The number of hydrogen-bond acceptors (Lipinski definition) is 5. The Kier molecular flexibility index (Phi) is 5.17. The zero-order valence-corrected chi connectivity index (χ0v) is 14.8. The Morgan fingerprint density at radius 2 is 1.79 bits per heavy atom. The molecule has 1 atom stereocenters. The number of nitrogens with zero attached hydrogens (tertiary/aromatic N) is 4. The van der Waals surface area contributed by atoms with Crippen LogP contribution in [0.15, 0.2) is 29.4 Å². The van der Waals surface area contributed by atoms with Gasteiger partial charge in [-0.3, -0.25) is 14.7 Å². The molecule has 0 bridgehead atoms. The minimum absolute atomic E-state index is 0.163. The average Bonchev–Trinajstić information content (AvgIpc) is 3.16. The summed E-state index contributed by atoms with van der Waals surface area (Å²) in [4.78, 5) is 20.6. The Balaban J connectivity index is 1.60. The van der Waals surface area contributed by atoms with Gasteiger partial charge in [0.1, 0.15) is 4.90 Å². The van der Waals surface area contributed by atoms with Crippen LogP contribution in [0.1, 0.15) is 19.8 Å². The van der Waals surface area contributed by atoms with Gasteiger partial charge >= 0.3 is 0 Å². The van der Waals surface area contributed by atoms with Gasteiger partial charge in [0, 0.05) is 51.7 Å². The Morgan fingerprint density at radius 3 is 2.38 bits per heavy atom. The first kappa shape index (κ1) is 17.3. The SMILES string of the molecule is CC(C(=O)N1CCCC1)N1CCN(S(=O)(=O)c2cccnc2)CC1. The second kappa shape index (κ2) is 7.16. The van der Waals surface area contributed by atoms with E-state index in [-0.39, 0.29) is 16.8 Å². The molecule has 0 aliphatic carbocycles. The maximum Gasteiger partial charge on any atom is 0.244 e. The van der Waals surface area contributed by atoms with Gasteiger partial charge in [0.25, 0.3) is 0 Å². The van der Waals surface area contributed by atoms with E-state index in [1.807, 2.05) is 11.8 Å². The maximum absolute atomic E-state index is 12.6. The number of likely N-dealkylation sites (tertiary alicyclic amines) is 1. The standard InChI is InChI=1S/C16H24N4O3S/c1-14(16(21)19-7-2-3-8-19)18-9-11-20(12-10-18)24(22,23)15-5-4-6-17-13-15/h4-6,13-14H,2-3,7-12H2,1H3. The molecule has 1 aromatic heterocycles. The summed E-state index contributed by atoms with van der Waals surface area (Å²) in [7, 11) is -3.50. The normalized spacial score (nSPS) is 21.8. The summed E-state index contributed by atoms with van der Waals surface area (Å²) in [6.07, 6.45) is 5.09. The molecule has 1 amide bonds. The highest BCUT2D eigenvalue weighted by Gasteiger charge is 2.33. The van der Waals surface area contributed by atoms with Crippen LogP contribution in [0.2, 0.25) is 0 Å². The first-order chi connectivity index (χ1) is 11.5. The van der Waals surface area contributed by atoms with Crippen molar-refractivity contribution in [3.63, 3.8) is 0 Å². The van der Waals surface area contributed by atoms with E-state index in [9.17, 15) is 13.2 Å². The van der Waals surface area contributed by atoms with E-state index in [4.69, 9.17) is 0 Å². The van der Waals surface area contributed by atoms with Crippen LogP contribution in [0.4, 0.5) is 0 Å². The minimum atomic E-state index is -3.50. The molecule has 0 saturated carbocycles. The average molecular weight is 352 g/mol. The molecule has 2 aliphatic heterocycles. The van der Waals surface area contributed by atoms with Crippen molar-refractivity contribution in [1.82, 2.24) is 19.1 Å². The second-order valence-corrected chi connectivity index (χ2v) is 8.28. The third-order valence-electron chi connectivity index (χ3n) is 4.87. The zero-order valence-electron chi connectivity index (χ0n) is 14.0. The molecule has 8 heteroatoms. The molecule has 132 valence electrons. The Bertz CT molecular complexity index is 666. The summed E-state index contributed by atoms with van der Waals surface area (Å²) < 4.78 is 26.7. The van der Waals surface area contributed by atoms with Crippen molar-refractivity contribution in [3.05, 3.63) is 24.5 Å². The predicted molar refractivity (Wildman–Crippen MR) is 89.8 cm³/mol. The highest BCUT2D eigenvalue weighted by molar-refractivity contribution is 7.89. The van der Waals surface area contributed by atoms with Crippen LogP contribution in [-0.2, 0) is 14.8 Å². The van der Waals surface area contributed by atoms with Gasteiger partial charge in [-0.15, -0.1) is 0 Å². The van der Waals surface area contributed by atoms with Gasteiger partial charge in [0.2, 0.25) is 15.9 Å². The van der Waals surface area contributed by atoms with Crippen LogP contribution < -0.4 is 0 Å². The van der Waals surface area contributed by atoms with Gasteiger partial charge in [-0.05, 0) is 31.9 Å². The number of hydrogen-bond donors (Lipinski definition) is 0. The molecule has 7 nitrogen and oxygen atoms in total. The van der Waals surface area contributed by atoms with Crippen molar-refractivity contribution >= 4 is 15.9 Å². The van der Waals surface area contributed by atoms with E-state index in [0.29, 0.717) is 26.2 Å². The largest absolute Gasteiger partial charge is 0.341 e. The molecular formula is C16H24N4O3S. The van der Waals surface area contributed by atoms with Gasteiger partial charge in [-0.2, -0.15) is 4.31 Å². The highest BCUT2D eigenvalue weighted by atomic mass is 32.2. The molecule has 0 N–H and O–H groups in total. The van der Waals surface area contributed by atoms with Gasteiger partial charge in [-0.1, -0.05) is 0 Å². The molecule has 3 rings (SSSR count). The molecule has 0 radical (unpaired) electrons. The lowest BCUT2D eigenvalue weighted by molar-refractivity contribution is -0.135. The number of carbonyl (C=O) groups is 1. The topological polar surface area (TPSA) is 73.8 Å². The first-order valence-corrected chi connectivity index (χ1v) is 9.87. The van der Waals surface area contributed by atoms with Crippen LogP contribution in [0, 0.1) is 0 Å². The fourth-order valence-electron chi connectivity index (χ4n) is 3.34. The zero-order chi connectivity index (χ0) is 17.2. The van der Waals surface area contributed by atoms with E-state index >= 15 is 0 Å². The summed E-state index contributed by atoms with van der Waals surface area (Å²) >= 11 is 0. The molecule has 0 aromatic carbocycles. The monoisotopic (exact) mass is 352 g/mol. The molecule has 0 spiro atoms. The highest BCUT2D eigenvalue weighted by Crippen LogP contribution is 2.18. The van der Waals surface area contributed by atoms with Crippen LogP contribution >= 0.6 is 0 Å². The number of pyridine rings is 1. The molecular weight excluding hydrogens is 328 g/mol. The lowest BCUT2D eigenvalue weighted by atomic mass is 10.2. The van der Waals surface area contributed by atoms with Crippen molar-refractivity contribution < 1.29 is 13.2 Å². The third-order valence-corrected chi connectivity index (χ3v) is 6.75. The smallest absolute Gasteiger partial charge is 0.244 e. The number of aromatic nitrogens is 1. The summed E-state index contributed by atoms with van der Waals surface area (Å²) in [5, 5.41) is 0.